The zero-order valence-corrected chi connectivity index (χ0v) is 13.9. The van der Waals surface area contributed by atoms with Crippen molar-refractivity contribution in [3.63, 3.8) is 0 Å². The van der Waals surface area contributed by atoms with E-state index in [4.69, 9.17) is 0 Å². The van der Waals surface area contributed by atoms with Gasteiger partial charge in [-0.15, -0.1) is 0 Å². The quantitative estimate of drug-likeness (QED) is 0.726. The van der Waals surface area contributed by atoms with Crippen LogP contribution in [-0.2, 0) is 28.7 Å². The van der Waals surface area contributed by atoms with E-state index in [1.165, 1.54) is 28.1 Å². The molecule has 0 aromatic rings. The first-order chi connectivity index (χ1) is 9.08. The monoisotopic (exact) mass is 292 g/mol. The molecule has 20 heavy (non-hydrogen) atoms. The molecular formula is C14H28O6. The summed E-state index contributed by atoms with van der Waals surface area (Å²) in [5.74, 6) is 0.0185. The molecular weight excluding hydrogens is 264 g/mol. The number of ketones is 2. The minimum Gasteiger partial charge on any atom is -0.469 e. The van der Waals surface area contributed by atoms with Gasteiger partial charge in [0.1, 0.15) is 11.6 Å². The Morgan fingerprint density at radius 3 is 0.750 bits per heavy atom. The standard InChI is InChI=1S/2C4H8O.2C3H6O2/c2*1-3-4(2)5;2*1-3(4)5-2/h2*3H2,1-2H3;2*1-2H3. The molecule has 0 amide bonds. The molecule has 0 spiro atoms. The molecule has 0 unspecified atom stereocenters. The van der Waals surface area contributed by atoms with Crippen molar-refractivity contribution in [1.29, 1.82) is 0 Å². The Balaban J connectivity index is -0.0000000853. The maximum absolute atomic E-state index is 9.81. The van der Waals surface area contributed by atoms with E-state index in [0.29, 0.717) is 12.8 Å². The Morgan fingerprint density at radius 2 is 0.750 bits per heavy atom. The fraction of sp³-hybridized carbons (Fsp3) is 0.714. The summed E-state index contributed by atoms with van der Waals surface area (Å²) < 4.78 is 8.22. The van der Waals surface area contributed by atoms with E-state index in [0.717, 1.165) is 0 Å². The van der Waals surface area contributed by atoms with E-state index in [9.17, 15) is 19.2 Å². The Labute approximate surface area is 121 Å². The van der Waals surface area contributed by atoms with Crippen LogP contribution in [-0.4, -0.2) is 37.7 Å². The van der Waals surface area contributed by atoms with Crippen molar-refractivity contribution in [1.82, 2.24) is 0 Å². The number of carbonyl (C=O) groups is 4. The minimum absolute atomic E-state index is 0.245. The lowest BCUT2D eigenvalue weighted by Gasteiger charge is -1.80. The highest BCUT2D eigenvalue weighted by molar-refractivity contribution is 5.75. The van der Waals surface area contributed by atoms with Crippen LogP contribution >= 0.6 is 0 Å². The zero-order valence-electron chi connectivity index (χ0n) is 13.9. The Bertz CT molecular complexity index is 215. The molecule has 0 aliphatic carbocycles. The van der Waals surface area contributed by atoms with Gasteiger partial charge in [0.25, 0.3) is 0 Å². The molecule has 0 N–H and O–H groups in total. The summed E-state index contributed by atoms with van der Waals surface area (Å²) in [5, 5.41) is 0. The number of hydrogen-bond acceptors (Lipinski definition) is 6. The van der Waals surface area contributed by atoms with Gasteiger partial charge in [-0.1, -0.05) is 13.8 Å². The van der Waals surface area contributed by atoms with Crippen LogP contribution in [0.1, 0.15) is 54.4 Å². The topological polar surface area (TPSA) is 86.7 Å². The van der Waals surface area contributed by atoms with Gasteiger partial charge in [-0.05, 0) is 13.8 Å². The zero-order chi connectivity index (χ0) is 17.1. The van der Waals surface area contributed by atoms with E-state index in [1.807, 2.05) is 13.8 Å². The largest absolute Gasteiger partial charge is 0.469 e. The van der Waals surface area contributed by atoms with Gasteiger partial charge >= 0.3 is 11.9 Å². The summed E-state index contributed by atoms with van der Waals surface area (Å²) in [6.45, 7) is 9.59. The Hall–Kier alpha value is -1.72. The average molecular weight is 292 g/mol. The van der Waals surface area contributed by atoms with E-state index < -0.39 is 0 Å². The van der Waals surface area contributed by atoms with Gasteiger partial charge < -0.3 is 19.1 Å². The van der Waals surface area contributed by atoms with Crippen LogP contribution in [0, 0.1) is 0 Å². The molecule has 0 aliphatic rings. The lowest BCUT2D eigenvalue weighted by Crippen LogP contribution is -1.88. The highest BCUT2D eigenvalue weighted by atomic mass is 16.5. The van der Waals surface area contributed by atoms with Crippen molar-refractivity contribution < 1.29 is 28.7 Å². The van der Waals surface area contributed by atoms with Gasteiger partial charge in [-0.2, -0.15) is 0 Å². The van der Waals surface area contributed by atoms with Gasteiger partial charge in [0.05, 0.1) is 14.2 Å². The SMILES string of the molecule is CCC(C)=O.CCC(C)=O.COC(C)=O.COC(C)=O. The molecule has 6 nitrogen and oxygen atoms in total. The normalized spacial score (nSPS) is 7.20. The second-order valence-electron chi connectivity index (χ2n) is 3.50. The number of carbonyl (C=O) groups excluding carboxylic acids is 4. The van der Waals surface area contributed by atoms with Crippen molar-refractivity contribution >= 4 is 23.5 Å². The predicted octanol–water partition coefficient (Wildman–Crippen LogP) is 2.33. The first kappa shape index (κ1) is 26.8. The summed E-state index contributed by atoms with van der Waals surface area (Å²) in [4.78, 5) is 38.8. The first-order valence-corrected chi connectivity index (χ1v) is 6.16. The second-order valence-corrected chi connectivity index (χ2v) is 3.50. The summed E-state index contributed by atoms with van der Waals surface area (Å²) in [7, 11) is 2.70. The number of esters is 2. The van der Waals surface area contributed by atoms with E-state index in [1.54, 1.807) is 13.8 Å². The summed E-state index contributed by atoms with van der Waals surface area (Å²) >= 11 is 0. The van der Waals surface area contributed by atoms with E-state index >= 15 is 0 Å². The molecule has 0 rings (SSSR count). The molecule has 0 atom stereocenters. The van der Waals surface area contributed by atoms with Gasteiger partial charge in [0, 0.05) is 26.7 Å². The van der Waals surface area contributed by atoms with Gasteiger partial charge in [0.2, 0.25) is 0 Å². The second kappa shape index (κ2) is 22.5. The van der Waals surface area contributed by atoms with Gasteiger partial charge in [-0.25, -0.2) is 0 Å². The van der Waals surface area contributed by atoms with E-state index in [-0.39, 0.29) is 23.5 Å². The summed E-state index contributed by atoms with van der Waals surface area (Å²) in [5.41, 5.74) is 0. The highest BCUT2D eigenvalue weighted by Gasteiger charge is 1.77. The molecule has 0 radical (unpaired) electrons. The molecule has 120 valence electrons. The molecule has 0 aliphatic heterocycles. The third-order valence-corrected chi connectivity index (χ3v) is 1.57. The van der Waals surface area contributed by atoms with Crippen molar-refractivity contribution in [2.75, 3.05) is 14.2 Å². The smallest absolute Gasteiger partial charge is 0.302 e. The average Bonchev–Trinajstić information content (AvgIpc) is 2.40. The predicted molar refractivity (Wildman–Crippen MR) is 77.3 cm³/mol. The third-order valence-electron chi connectivity index (χ3n) is 1.57. The molecule has 0 saturated carbocycles. The lowest BCUT2D eigenvalue weighted by atomic mass is 10.4. The fourth-order valence-corrected chi connectivity index (χ4v) is 0. The van der Waals surface area contributed by atoms with Crippen molar-refractivity contribution in [2.45, 2.75) is 54.4 Å². The highest BCUT2D eigenvalue weighted by Crippen LogP contribution is 1.72. The molecule has 0 fully saturated rings. The molecule has 0 bridgehead atoms. The van der Waals surface area contributed by atoms with Crippen LogP contribution in [0.25, 0.3) is 0 Å². The van der Waals surface area contributed by atoms with Crippen molar-refractivity contribution in [2.24, 2.45) is 0 Å². The maximum atomic E-state index is 9.81. The fourth-order valence-electron chi connectivity index (χ4n) is 0. The number of hydrogen-bond donors (Lipinski definition) is 0. The van der Waals surface area contributed by atoms with Gasteiger partial charge in [-0.3, -0.25) is 9.59 Å². The molecule has 0 saturated heterocycles. The molecule has 6 heteroatoms. The first-order valence-electron chi connectivity index (χ1n) is 6.16. The Kier molecular flexibility index (Phi) is 30.1. The van der Waals surface area contributed by atoms with Crippen LogP contribution < -0.4 is 0 Å². The molecule has 0 heterocycles. The van der Waals surface area contributed by atoms with Crippen molar-refractivity contribution in [3.8, 4) is 0 Å². The maximum Gasteiger partial charge on any atom is 0.302 e. The number of rotatable bonds is 2. The summed E-state index contributed by atoms with van der Waals surface area (Å²) in [6, 6.07) is 0. The lowest BCUT2D eigenvalue weighted by molar-refractivity contribution is -0.138. The number of ether oxygens (including phenoxy) is 2. The van der Waals surface area contributed by atoms with E-state index in [2.05, 4.69) is 9.47 Å². The molecule has 0 aromatic carbocycles. The van der Waals surface area contributed by atoms with Crippen LogP contribution in [0.2, 0.25) is 0 Å². The third kappa shape index (κ3) is 96.4. The number of Topliss-reactive ketones (excluding diaryl/α,β-unsaturated/α-hetero) is 2. The van der Waals surface area contributed by atoms with Gasteiger partial charge in [0.15, 0.2) is 0 Å². The number of methoxy groups -OCH3 is 2. The van der Waals surface area contributed by atoms with Crippen molar-refractivity contribution in [3.05, 3.63) is 0 Å². The van der Waals surface area contributed by atoms with Crippen LogP contribution in [0.15, 0.2) is 0 Å². The summed E-state index contributed by atoms with van der Waals surface area (Å²) in [6.07, 6.45) is 1.33. The van der Waals surface area contributed by atoms with Crippen LogP contribution in [0.3, 0.4) is 0 Å². The van der Waals surface area contributed by atoms with Crippen LogP contribution in [0.4, 0.5) is 0 Å². The van der Waals surface area contributed by atoms with Crippen LogP contribution in [0.5, 0.6) is 0 Å². The Morgan fingerprint density at radius 1 is 0.650 bits per heavy atom. The molecule has 0 aromatic heterocycles. The minimum atomic E-state index is -0.245.